The first-order valence-corrected chi connectivity index (χ1v) is 13.4. The summed E-state index contributed by atoms with van der Waals surface area (Å²) in [6.07, 6.45) is 10.9. The van der Waals surface area contributed by atoms with Crippen molar-refractivity contribution in [3.05, 3.63) is 16.6 Å². The van der Waals surface area contributed by atoms with Gasteiger partial charge >= 0.3 is 0 Å². The highest BCUT2D eigenvalue weighted by Gasteiger charge is 2.40. The van der Waals surface area contributed by atoms with Gasteiger partial charge in [0.25, 0.3) is 5.91 Å². The van der Waals surface area contributed by atoms with E-state index in [9.17, 15) is 4.79 Å². The standard InChI is InChI=1S/C25H38N4O2S/c1-16-14-26-15-25(3,31-16)18-9-11-19(12-10-18)27-23(30)22-13-21-17(2)28-29(24(21)32-22)20-7-5-4-6-8-20/h13,16,18-20,26H,4-12,14-15H2,1-3H3,(H,27,30)/t16-,18-,19-,25-/m0/s1. The van der Waals surface area contributed by atoms with Gasteiger partial charge in [0.05, 0.1) is 28.3 Å². The minimum absolute atomic E-state index is 0.0827. The average Bonchev–Trinajstić information content (AvgIpc) is 3.35. The molecule has 3 heterocycles. The first-order valence-electron chi connectivity index (χ1n) is 12.6. The highest BCUT2D eigenvalue weighted by molar-refractivity contribution is 7.20. The Labute approximate surface area is 195 Å². The van der Waals surface area contributed by atoms with Crippen molar-refractivity contribution in [1.29, 1.82) is 0 Å². The van der Waals surface area contributed by atoms with Crippen molar-refractivity contribution in [2.75, 3.05) is 13.1 Å². The third-order valence-corrected chi connectivity index (χ3v) is 9.14. The molecule has 5 rings (SSSR count). The summed E-state index contributed by atoms with van der Waals surface area (Å²) in [7, 11) is 0. The molecule has 2 atom stereocenters. The van der Waals surface area contributed by atoms with Gasteiger partial charge in [-0.15, -0.1) is 11.3 Å². The van der Waals surface area contributed by atoms with Gasteiger partial charge in [0.1, 0.15) is 4.83 Å². The van der Waals surface area contributed by atoms with Gasteiger partial charge in [-0.05, 0) is 71.3 Å². The molecule has 176 valence electrons. The van der Waals surface area contributed by atoms with Gasteiger partial charge in [-0.2, -0.15) is 5.10 Å². The summed E-state index contributed by atoms with van der Waals surface area (Å²) in [6.45, 7) is 8.35. The summed E-state index contributed by atoms with van der Waals surface area (Å²) < 4.78 is 8.56. The summed E-state index contributed by atoms with van der Waals surface area (Å²) in [5.74, 6) is 0.638. The summed E-state index contributed by atoms with van der Waals surface area (Å²) in [5.41, 5.74) is 0.964. The van der Waals surface area contributed by atoms with Crippen molar-refractivity contribution in [3.63, 3.8) is 0 Å². The van der Waals surface area contributed by atoms with E-state index in [-0.39, 0.29) is 23.7 Å². The average molecular weight is 459 g/mol. The van der Waals surface area contributed by atoms with E-state index in [0.717, 1.165) is 54.7 Å². The van der Waals surface area contributed by atoms with E-state index in [4.69, 9.17) is 9.84 Å². The quantitative estimate of drug-likeness (QED) is 0.679. The molecule has 2 saturated carbocycles. The van der Waals surface area contributed by atoms with E-state index in [1.807, 2.05) is 0 Å². The van der Waals surface area contributed by atoms with Crippen LogP contribution in [0.4, 0.5) is 0 Å². The number of rotatable bonds is 4. The van der Waals surface area contributed by atoms with Crippen LogP contribution in [-0.4, -0.2) is 46.5 Å². The third-order valence-electron chi connectivity index (χ3n) is 8.02. The van der Waals surface area contributed by atoms with Crippen LogP contribution in [0.3, 0.4) is 0 Å². The molecule has 2 N–H and O–H groups in total. The summed E-state index contributed by atoms with van der Waals surface area (Å²) >= 11 is 1.62. The van der Waals surface area contributed by atoms with E-state index >= 15 is 0 Å². The molecular weight excluding hydrogens is 420 g/mol. The second-order valence-electron chi connectivity index (χ2n) is 10.5. The molecule has 3 fully saturated rings. The molecule has 0 bridgehead atoms. The molecule has 32 heavy (non-hydrogen) atoms. The molecule has 0 radical (unpaired) electrons. The highest BCUT2D eigenvalue weighted by atomic mass is 32.1. The fourth-order valence-electron chi connectivity index (χ4n) is 6.17. The second-order valence-corrected chi connectivity index (χ2v) is 11.6. The van der Waals surface area contributed by atoms with Crippen molar-refractivity contribution in [2.24, 2.45) is 5.92 Å². The van der Waals surface area contributed by atoms with Gasteiger partial charge in [0, 0.05) is 24.5 Å². The van der Waals surface area contributed by atoms with Gasteiger partial charge < -0.3 is 15.4 Å². The maximum absolute atomic E-state index is 13.1. The Balaban J connectivity index is 1.22. The second kappa shape index (κ2) is 9.07. The normalized spacial score (nSPS) is 32.3. The van der Waals surface area contributed by atoms with Crippen LogP contribution >= 0.6 is 11.3 Å². The lowest BCUT2D eigenvalue weighted by Gasteiger charge is -2.46. The predicted octanol–water partition coefficient (Wildman–Crippen LogP) is 4.97. The minimum Gasteiger partial charge on any atom is -0.369 e. The first kappa shape index (κ1) is 22.4. The molecule has 1 aliphatic heterocycles. The van der Waals surface area contributed by atoms with Crippen molar-refractivity contribution in [3.8, 4) is 0 Å². The van der Waals surface area contributed by atoms with Crippen LogP contribution < -0.4 is 10.6 Å². The Morgan fingerprint density at radius 3 is 2.69 bits per heavy atom. The molecule has 0 spiro atoms. The monoisotopic (exact) mass is 458 g/mol. The molecule has 3 aliphatic rings. The number of carbonyl (C=O) groups is 1. The number of hydrogen-bond donors (Lipinski definition) is 2. The minimum atomic E-state index is -0.0827. The van der Waals surface area contributed by atoms with Crippen molar-refractivity contribution in [1.82, 2.24) is 20.4 Å². The molecule has 2 aromatic rings. The van der Waals surface area contributed by atoms with Crippen molar-refractivity contribution >= 4 is 27.5 Å². The number of amides is 1. The zero-order valence-electron chi connectivity index (χ0n) is 19.8. The van der Waals surface area contributed by atoms with E-state index in [2.05, 4.69) is 42.2 Å². The van der Waals surface area contributed by atoms with Crippen LogP contribution in [0.15, 0.2) is 6.07 Å². The highest BCUT2D eigenvalue weighted by Crippen LogP contribution is 2.38. The molecule has 6 nitrogen and oxygen atoms in total. The van der Waals surface area contributed by atoms with Gasteiger partial charge in [-0.3, -0.25) is 9.48 Å². The van der Waals surface area contributed by atoms with Gasteiger partial charge in [0.2, 0.25) is 0 Å². The Bertz CT molecular complexity index is 955. The van der Waals surface area contributed by atoms with E-state index in [1.54, 1.807) is 11.3 Å². The van der Waals surface area contributed by atoms with Gasteiger partial charge in [-0.1, -0.05) is 19.3 Å². The zero-order valence-corrected chi connectivity index (χ0v) is 20.6. The first-order chi connectivity index (χ1) is 15.4. The maximum Gasteiger partial charge on any atom is 0.261 e. The number of carbonyl (C=O) groups excluding carboxylic acids is 1. The lowest BCUT2D eigenvalue weighted by molar-refractivity contribution is -0.137. The number of aromatic nitrogens is 2. The summed E-state index contributed by atoms with van der Waals surface area (Å²) in [4.78, 5) is 15.1. The van der Waals surface area contributed by atoms with Gasteiger partial charge in [-0.25, -0.2) is 0 Å². The summed E-state index contributed by atoms with van der Waals surface area (Å²) in [6, 6.07) is 2.81. The number of nitrogens with one attached hydrogen (secondary N) is 2. The largest absolute Gasteiger partial charge is 0.369 e. The number of ether oxygens (including phenoxy) is 1. The smallest absolute Gasteiger partial charge is 0.261 e. The molecular formula is C25H38N4O2S. The number of aryl methyl sites for hydroxylation is 1. The Morgan fingerprint density at radius 1 is 1.22 bits per heavy atom. The van der Waals surface area contributed by atoms with E-state index < -0.39 is 0 Å². The Morgan fingerprint density at radius 2 is 1.97 bits per heavy atom. The van der Waals surface area contributed by atoms with Crippen molar-refractivity contribution < 1.29 is 9.53 Å². The SMILES string of the molecule is Cc1nn(C2CCCCC2)c2sc(C(=O)N[C@H]3CC[C@H]([C@]4(C)CNC[C@H](C)O4)CC3)cc12. The molecule has 7 heteroatoms. The number of nitrogens with zero attached hydrogens (tertiary/aromatic N) is 2. The number of morpholine rings is 1. The topological polar surface area (TPSA) is 68.2 Å². The fourth-order valence-corrected chi connectivity index (χ4v) is 7.31. The van der Waals surface area contributed by atoms with Crippen LogP contribution in [-0.2, 0) is 4.74 Å². The van der Waals surface area contributed by atoms with E-state index in [0.29, 0.717) is 12.0 Å². The van der Waals surface area contributed by atoms with Crippen LogP contribution in [0.2, 0.25) is 0 Å². The lowest BCUT2D eigenvalue weighted by atomic mass is 9.75. The lowest BCUT2D eigenvalue weighted by Crippen LogP contribution is -2.56. The molecule has 2 aromatic heterocycles. The number of hydrogen-bond acceptors (Lipinski definition) is 5. The number of thiophene rings is 1. The Kier molecular flexibility index (Phi) is 6.34. The maximum atomic E-state index is 13.1. The fraction of sp³-hybridized carbons (Fsp3) is 0.760. The van der Waals surface area contributed by atoms with Crippen LogP contribution in [0.25, 0.3) is 10.2 Å². The third kappa shape index (κ3) is 4.36. The Hall–Kier alpha value is -1.44. The molecule has 2 aliphatic carbocycles. The molecule has 1 amide bonds. The molecule has 1 saturated heterocycles. The molecule has 0 aromatic carbocycles. The van der Waals surface area contributed by atoms with Crippen LogP contribution in [0.1, 0.15) is 93.0 Å². The predicted molar refractivity (Wildman–Crippen MR) is 130 cm³/mol. The van der Waals surface area contributed by atoms with E-state index in [1.165, 1.54) is 36.9 Å². The van der Waals surface area contributed by atoms with Crippen LogP contribution in [0, 0.1) is 12.8 Å². The summed E-state index contributed by atoms with van der Waals surface area (Å²) in [5, 5.41) is 12.8. The zero-order chi connectivity index (χ0) is 22.3. The van der Waals surface area contributed by atoms with Crippen molar-refractivity contribution in [2.45, 2.75) is 102 Å². The van der Waals surface area contributed by atoms with Crippen LogP contribution in [0.5, 0.6) is 0 Å². The number of fused-ring (bicyclic) bond motifs is 1. The molecule has 0 unspecified atom stereocenters. The van der Waals surface area contributed by atoms with Gasteiger partial charge in [0.15, 0.2) is 0 Å².